The van der Waals surface area contributed by atoms with Crippen LogP contribution in [0.1, 0.15) is 36.0 Å². The van der Waals surface area contributed by atoms with Crippen LogP contribution in [0.5, 0.6) is 17.2 Å². The van der Waals surface area contributed by atoms with Gasteiger partial charge in [-0.05, 0) is 49.2 Å². The van der Waals surface area contributed by atoms with Crippen LogP contribution in [0.3, 0.4) is 0 Å². The number of hydrogen-bond acceptors (Lipinski definition) is 5. The molecule has 0 fully saturated rings. The van der Waals surface area contributed by atoms with E-state index in [1.165, 1.54) is 0 Å². The van der Waals surface area contributed by atoms with Gasteiger partial charge in [0.05, 0.1) is 7.11 Å². The minimum atomic E-state index is -0.393. The lowest BCUT2D eigenvalue weighted by Crippen LogP contribution is -2.24. The summed E-state index contributed by atoms with van der Waals surface area (Å²) in [4.78, 5) is 23.0. The van der Waals surface area contributed by atoms with Crippen molar-refractivity contribution in [2.45, 2.75) is 25.7 Å². The van der Waals surface area contributed by atoms with E-state index in [0.29, 0.717) is 35.8 Å². The molecular weight excluding hydrogens is 348 g/mol. The van der Waals surface area contributed by atoms with Gasteiger partial charge in [-0.2, -0.15) is 0 Å². The molecular formula is C20H24N2O5. The van der Waals surface area contributed by atoms with Gasteiger partial charge in [0.2, 0.25) is 5.91 Å². The number of hydroxylamine groups is 1. The van der Waals surface area contributed by atoms with Gasteiger partial charge in [-0.1, -0.05) is 12.5 Å². The number of benzene rings is 2. The van der Waals surface area contributed by atoms with E-state index < -0.39 is 5.91 Å². The van der Waals surface area contributed by atoms with Crippen molar-refractivity contribution in [1.29, 1.82) is 0 Å². The predicted octanol–water partition coefficient (Wildman–Crippen LogP) is 3.28. The van der Waals surface area contributed by atoms with Crippen molar-refractivity contribution < 1.29 is 24.3 Å². The van der Waals surface area contributed by atoms with Crippen molar-refractivity contribution in [3.63, 3.8) is 0 Å². The molecule has 27 heavy (non-hydrogen) atoms. The van der Waals surface area contributed by atoms with Crippen LogP contribution < -0.4 is 20.3 Å². The van der Waals surface area contributed by atoms with E-state index in [1.807, 2.05) is 18.2 Å². The molecule has 0 spiro atoms. The van der Waals surface area contributed by atoms with E-state index >= 15 is 0 Å². The number of carbonyl (C=O) groups is 2. The fourth-order valence-electron chi connectivity index (χ4n) is 2.42. The van der Waals surface area contributed by atoms with Gasteiger partial charge in [-0.25, -0.2) is 5.48 Å². The first-order valence-corrected chi connectivity index (χ1v) is 8.75. The van der Waals surface area contributed by atoms with Gasteiger partial charge < -0.3 is 14.8 Å². The molecule has 0 saturated carbocycles. The Morgan fingerprint density at radius 1 is 0.963 bits per heavy atom. The fourth-order valence-corrected chi connectivity index (χ4v) is 2.42. The Hall–Kier alpha value is -3.06. The number of amides is 2. The van der Waals surface area contributed by atoms with E-state index in [1.54, 1.807) is 42.9 Å². The maximum atomic E-state index is 12.1. The Morgan fingerprint density at radius 2 is 1.70 bits per heavy atom. The molecule has 0 aliphatic rings. The number of methoxy groups -OCH3 is 1. The van der Waals surface area contributed by atoms with Crippen LogP contribution in [0.4, 0.5) is 0 Å². The van der Waals surface area contributed by atoms with Crippen LogP contribution in [0, 0.1) is 0 Å². The van der Waals surface area contributed by atoms with E-state index in [2.05, 4.69) is 5.32 Å². The van der Waals surface area contributed by atoms with Crippen molar-refractivity contribution in [3.8, 4) is 17.2 Å². The monoisotopic (exact) mass is 372 g/mol. The molecule has 0 atom stereocenters. The van der Waals surface area contributed by atoms with Crippen LogP contribution in [-0.2, 0) is 4.79 Å². The minimum absolute atomic E-state index is 0.156. The third-order valence-corrected chi connectivity index (χ3v) is 3.88. The molecule has 144 valence electrons. The smallest absolute Gasteiger partial charge is 0.251 e. The van der Waals surface area contributed by atoms with Crippen LogP contribution in [0.15, 0.2) is 48.5 Å². The molecule has 2 amide bonds. The summed E-state index contributed by atoms with van der Waals surface area (Å²) < 4.78 is 10.9. The summed E-state index contributed by atoms with van der Waals surface area (Å²) in [6.45, 7) is 0.529. The zero-order valence-electron chi connectivity index (χ0n) is 15.2. The summed E-state index contributed by atoms with van der Waals surface area (Å²) in [5, 5.41) is 11.2. The summed E-state index contributed by atoms with van der Waals surface area (Å²) in [6.07, 6.45) is 2.50. The minimum Gasteiger partial charge on any atom is -0.497 e. The second-order valence-electron chi connectivity index (χ2n) is 5.91. The van der Waals surface area contributed by atoms with Crippen molar-refractivity contribution in [1.82, 2.24) is 10.8 Å². The van der Waals surface area contributed by atoms with Gasteiger partial charge in [-0.15, -0.1) is 0 Å². The molecule has 0 bridgehead atoms. The maximum Gasteiger partial charge on any atom is 0.251 e. The van der Waals surface area contributed by atoms with Crippen molar-refractivity contribution >= 4 is 11.8 Å². The molecule has 3 N–H and O–H groups in total. The van der Waals surface area contributed by atoms with Gasteiger partial charge in [0, 0.05) is 24.6 Å². The van der Waals surface area contributed by atoms with E-state index in [0.717, 1.165) is 12.8 Å². The largest absolute Gasteiger partial charge is 0.497 e. The number of rotatable bonds is 10. The lowest BCUT2D eigenvalue weighted by molar-refractivity contribution is -0.129. The molecule has 2 aromatic carbocycles. The molecule has 0 aliphatic carbocycles. The molecule has 0 heterocycles. The van der Waals surface area contributed by atoms with Crippen molar-refractivity contribution in [2.75, 3.05) is 13.7 Å². The van der Waals surface area contributed by atoms with Gasteiger partial charge in [0.1, 0.15) is 17.2 Å². The van der Waals surface area contributed by atoms with Gasteiger partial charge in [0.25, 0.3) is 5.91 Å². The average Bonchev–Trinajstić information content (AvgIpc) is 2.70. The highest BCUT2D eigenvalue weighted by atomic mass is 16.5. The van der Waals surface area contributed by atoms with Gasteiger partial charge in [0.15, 0.2) is 0 Å². The van der Waals surface area contributed by atoms with E-state index in [4.69, 9.17) is 14.7 Å². The summed E-state index contributed by atoms with van der Waals surface area (Å²) in [6, 6.07) is 14.2. The topological polar surface area (TPSA) is 96.9 Å². The molecule has 0 aromatic heterocycles. The predicted molar refractivity (Wildman–Crippen MR) is 100 cm³/mol. The second kappa shape index (κ2) is 10.8. The molecule has 2 rings (SSSR count). The SMILES string of the molecule is COc1cccc(Oc2ccc(C(=O)NCCCCCC(=O)NO)cc2)c1. The number of carbonyl (C=O) groups excluding carboxylic acids is 2. The van der Waals surface area contributed by atoms with Crippen molar-refractivity contribution in [2.24, 2.45) is 0 Å². The third-order valence-electron chi connectivity index (χ3n) is 3.88. The summed E-state index contributed by atoms with van der Waals surface area (Å²) in [5.74, 6) is 1.44. The highest BCUT2D eigenvalue weighted by molar-refractivity contribution is 5.94. The van der Waals surface area contributed by atoms with Crippen LogP contribution >= 0.6 is 0 Å². The van der Waals surface area contributed by atoms with E-state index in [9.17, 15) is 9.59 Å². The Labute approximate surface area is 158 Å². The number of hydrogen-bond donors (Lipinski definition) is 3. The maximum absolute atomic E-state index is 12.1. The molecule has 0 aliphatic heterocycles. The normalized spacial score (nSPS) is 10.1. The number of ether oxygens (including phenoxy) is 2. The Bertz CT molecular complexity index is 746. The Balaban J connectivity index is 1.75. The van der Waals surface area contributed by atoms with Gasteiger partial charge in [-0.3, -0.25) is 14.8 Å². The quantitative estimate of drug-likeness (QED) is 0.338. The average molecular weight is 372 g/mol. The standard InChI is InChI=1S/C20H24N2O5/c1-26-17-6-5-7-18(14-17)27-16-11-9-15(10-12-16)20(24)21-13-4-2-3-8-19(23)22-25/h5-7,9-12,14,25H,2-4,8,13H2,1H3,(H,21,24)(H,22,23). The second-order valence-corrected chi connectivity index (χ2v) is 5.91. The Morgan fingerprint density at radius 3 is 2.41 bits per heavy atom. The molecule has 0 radical (unpaired) electrons. The third kappa shape index (κ3) is 6.99. The fraction of sp³-hybridized carbons (Fsp3) is 0.300. The summed E-state index contributed by atoms with van der Waals surface area (Å²) >= 11 is 0. The molecule has 0 saturated heterocycles. The van der Waals surface area contributed by atoms with Crippen molar-refractivity contribution in [3.05, 3.63) is 54.1 Å². The molecule has 7 heteroatoms. The summed E-state index contributed by atoms with van der Waals surface area (Å²) in [7, 11) is 1.60. The molecule has 2 aromatic rings. The number of nitrogens with one attached hydrogen (secondary N) is 2. The number of unbranched alkanes of at least 4 members (excludes halogenated alkanes) is 2. The van der Waals surface area contributed by atoms with Gasteiger partial charge >= 0.3 is 0 Å². The zero-order chi connectivity index (χ0) is 19.5. The summed E-state index contributed by atoms with van der Waals surface area (Å²) in [5.41, 5.74) is 2.14. The van der Waals surface area contributed by atoms with Crippen LogP contribution in [0.2, 0.25) is 0 Å². The highest BCUT2D eigenvalue weighted by Gasteiger charge is 2.06. The van der Waals surface area contributed by atoms with E-state index in [-0.39, 0.29) is 12.3 Å². The Kier molecular flexibility index (Phi) is 8.12. The first-order valence-electron chi connectivity index (χ1n) is 8.75. The van der Waals surface area contributed by atoms with Crippen LogP contribution in [0.25, 0.3) is 0 Å². The lowest BCUT2D eigenvalue weighted by Gasteiger charge is -2.09. The lowest BCUT2D eigenvalue weighted by atomic mass is 10.1. The molecule has 7 nitrogen and oxygen atoms in total. The highest BCUT2D eigenvalue weighted by Crippen LogP contribution is 2.25. The molecule has 0 unspecified atom stereocenters. The first-order chi connectivity index (χ1) is 13.1. The van der Waals surface area contributed by atoms with Crippen LogP contribution in [-0.4, -0.2) is 30.7 Å². The zero-order valence-corrected chi connectivity index (χ0v) is 15.2. The first kappa shape index (κ1) is 20.3.